The maximum absolute atomic E-state index is 11.7. The van der Waals surface area contributed by atoms with Gasteiger partial charge < -0.3 is 10.2 Å². The van der Waals surface area contributed by atoms with Crippen LogP contribution in [0.1, 0.15) is 23.2 Å². The number of hydrogen-bond acceptors (Lipinski definition) is 6. The number of aromatic nitrogens is 1. The van der Waals surface area contributed by atoms with E-state index in [1.807, 2.05) is 0 Å². The summed E-state index contributed by atoms with van der Waals surface area (Å²) in [4.78, 5) is 42.8. The predicted molar refractivity (Wildman–Crippen MR) is 60.3 cm³/mol. The van der Waals surface area contributed by atoms with E-state index in [0.717, 1.165) is 0 Å². The van der Waals surface area contributed by atoms with Crippen molar-refractivity contribution in [1.29, 1.82) is 0 Å². The summed E-state index contributed by atoms with van der Waals surface area (Å²) in [6.07, 6.45) is 1.45. The highest BCUT2D eigenvalue weighted by Gasteiger charge is 2.33. The minimum Gasteiger partial charge on any atom is -0.373 e. The number of anilines is 1. The number of carbonyl (C=O) groups is 3. The molecular weight excluding hydrogens is 238 g/mol. The van der Waals surface area contributed by atoms with Gasteiger partial charge in [0.1, 0.15) is 5.82 Å². The maximum Gasteiger partial charge on any atom is 0.365 e. The van der Waals surface area contributed by atoms with Gasteiger partial charge in [-0.25, -0.2) is 9.78 Å². The Morgan fingerprint density at radius 1 is 1.33 bits per heavy atom. The van der Waals surface area contributed by atoms with Gasteiger partial charge >= 0.3 is 5.97 Å². The third kappa shape index (κ3) is 2.29. The Labute approximate surface area is 103 Å². The second kappa shape index (κ2) is 4.82. The topological polar surface area (TPSA) is 88.6 Å². The normalized spacial score (nSPS) is 14.8. The van der Waals surface area contributed by atoms with Crippen molar-refractivity contribution in [1.82, 2.24) is 10.0 Å². The number of hydroxylamine groups is 2. The summed E-state index contributed by atoms with van der Waals surface area (Å²) in [5, 5.41) is 3.31. The first-order chi connectivity index (χ1) is 8.61. The van der Waals surface area contributed by atoms with Gasteiger partial charge in [-0.05, 0) is 12.1 Å². The van der Waals surface area contributed by atoms with Crippen LogP contribution in [-0.2, 0) is 14.4 Å². The van der Waals surface area contributed by atoms with Crippen LogP contribution >= 0.6 is 0 Å². The Morgan fingerprint density at radius 2 is 2.00 bits per heavy atom. The Hall–Kier alpha value is -2.44. The molecule has 0 saturated carbocycles. The molecule has 0 unspecified atom stereocenters. The van der Waals surface area contributed by atoms with Gasteiger partial charge in [0.25, 0.3) is 11.8 Å². The Morgan fingerprint density at radius 3 is 2.50 bits per heavy atom. The Kier molecular flexibility index (Phi) is 3.22. The minimum absolute atomic E-state index is 0.0725. The summed E-state index contributed by atoms with van der Waals surface area (Å²) in [6.45, 7) is 0. The molecule has 0 spiro atoms. The first kappa shape index (κ1) is 12.0. The highest BCUT2D eigenvalue weighted by Crippen LogP contribution is 2.14. The highest BCUT2D eigenvalue weighted by atomic mass is 16.7. The molecule has 0 aliphatic carbocycles. The molecule has 1 aromatic heterocycles. The molecule has 2 rings (SSSR count). The third-order valence-corrected chi connectivity index (χ3v) is 2.44. The van der Waals surface area contributed by atoms with Crippen molar-refractivity contribution in [2.75, 3.05) is 12.4 Å². The third-order valence-electron chi connectivity index (χ3n) is 2.44. The molecule has 7 nitrogen and oxygen atoms in total. The molecule has 0 atom stereocenters. The Bertz CT molecular complexity index is 482. The van der Waals surface area contributed by atoms with E-state index in [9.17, 15) is 14.4 Å². The molecule has 1 fully saturated rings. The van der Waals surface area contributed by atoms with Gasteiger partial charge in [-0.3, -0.25) is 9.59 Å². The van der Waals surface area contributed by atoms with Crippen LogP contribution in [0.5, 0.6) is 0 Å². The highest BCUT2D eigenvalue weighted by molar-refractivity contribution is 6.02. The number of rotatable bonds is 3. The number of nitrogens with one attached hydrogen (secondary N) is 1. The van der Waals surface area contributed by atoms with E-state index < -0.39 is 17.8 Å². The van der Waals surface area contributed by atoms with Crippen molar-refractivity contribution in [2.24, 2.45) is 0 Å². The van der Waals surface area contributed by atoms with Gasteiger partial charge in [-0.1, -0.05) is 0 Å². The van der Waals surface area contributed by atoms with E-state index in [4.69, 9.17) is 4.84 Å². The van der Waals surface area contributed by atoms with E-state index in [-0.39, 0.29) is 18.4 Å². The van der Waals surface area contributed by atoms with E-state index in [1.54, 1.807) is 13.1 Å². The van der Waals surface area contributed by atoms with E-state index >= 15 is 0 Å². The summed E-state index contributed by atoms with van der Waals surface area (Å²) in [5.74, 6) is -1.20. The fourth-order valence-electron chi connectivity index (χ4n) is 1.46. The lowest BCUT2D eigenvalue weighted by atomic mass is 10.3. The zero-order valence-corrected chi connectivity index (χ0v) is 9.67. The van der Waals surface area contributed by atoms with Gasteiger partial charge in [0.15, 0.2) is 0 Å². The molecule has 0 radical (unpaired) electrons. The fourth-order valence-corrected chi connectivity index (χ4v) is 1.46. The van der Waals surface area contributed by atoms with E-state index in [1.165, 1.54) is 12.3 Å². The monoisotopic (exact) mass is 249 g/mol. The lowest BCUT2D eigenvalue weighted by molar-refractivity contribution is -0.172. The predicted octanol–water partition coefficient (Wildman–Crippen LogP) is 0.344. The molecule has 1 aromatic rings. The van der Waals surface area contributed by atoms with Crippen LogP contribution in [0.2, 0.25) is 0 Å². The SMILES string of the molecule is CNc1ccc(C(=O)ON2C(=O)CCC2=O)cn1. The fraction of sp³-hybridized carbons (Fsp3) is 0.273. The van der Waals surface area contributed by atoms with E-state index in [0.29, 0.717) is 10.9 Å². The molecule has 1 saturated heterocycles. The number of imide groups is 1. The summed E-state index contributed by atoms with van der Waals surface area (Å²) >= 11 is 0. The standard InChI is InChI=1S/C11H11N3O4/c1-12-8-3-2-7(6-13-8)11(17)18-14-9(15)4-5-10(14)16/h2-3,6H,4-5H2,1H3,(H,12,13). The number of amides is 2. The average Bonchev–Trinajstić information content (AvgIpc) is 2.70. The van der Waals surface area contributed by atoms with E-state index in [2.05, 4.69) is 10.3 Å². The van der Waals surface area contributed by atoms with Crippen LogP contribution in [-0.4, -0.2) is 34.9 Å². The van der Waals surface area contributed by atoms with Crippen LogP contribution in [0.4, 0.5) is 5.82 Å². The number of pyridine rings is 1. The zero-order valence-electron chi connectivity index (χ0n) is 9.67. The lowest BCUT2D eigenvalue weighted by Gasteiger charge is -2.12. The van der Waals surface area contributed by atoms with Crippen LogP contribution < -0.4 is 5.32 Å². The summed E-state index contributed by atoms with van der Waals surface area (Å²) in [6, 6.07) is 3.08. The molecule has 1 N–H and O–H groups in total. The van der Waals surface area contributed by atoms with Gasteiger partial charge in [0.2, 0.25) is 0 Å². The summed E-state index contributed by atoms with van der Waals surface area (Å²) < 4.78 is 0. The van der Waals surface area contributed by atoms with Crippen molar-refractivity contribution in [3.8, 4) is 0 Å². The molecule has 18 heavy (non-hydrogen) atoms. The maximum atomic E-state index is 11.7. The smallest absolute Gasteiger partial charge is 0.365 e. The van der Waals surface area contributed by atoms with Crippen LogP contribution in [0.15, 0.2) is 18.3 Å². The van der Waals surface area contributed by atoms with Gasteiger partial charge in [-0.2, -0.15) is 0 Å². The van der Waals surface area contributed by atoms with Crippen LogP contribution in [0.3, 0.4) is 0 Å². The van der Waals surface area contributed by atoms with Crippen molar-refractivity contribution in [3.63, 3.8) is 0 Å². The minimum atomic E-state index is -0.784. The molecule has 2 amide bonds. The van der Waals surface area contributed by atoms with Crippen LogP contribution in [0, 0.1) is 0 Å². The second-order valence-corrected chi connectivity index (χ2v) is 3.64. The average molecular weight is 249 g/mol. The lowest BCUT2D eigenvalue weighted by Crippen LogP contribution is -2.32. The summed E-state index contributed by atoms with van der Waals surface area (Å²) in [5.41, 5.74) is 0.168. The van der Waals surface area contributed by atoms with Crippen LogP contribution in [0.25, 0.3) is 0 Å². The molecule has 2 heterocycles. The largest absolute Gasteiger partial charge is 0.373 e. The molecule has 1 aliphatic heterocycles. The zero-order chi connectivity index (χ0) is 13.1. The molecule has 7 heteroatoms. The second-order valence-electron chi connectivity index (χ2n) is 3.64. The first-order valence-corrected chi connectivity index (χ1v) is 5.33. The Balaban J connectivity index is 2.07. The number of nitrogens with zero attached hydrogens (tertiary/aromatic N) is 2. The molecule has 94 valence electrons. The van der Waals surface area contributed by atoms with Gasteiger partial charge in [0, 0.05) is 26.1 Å². The van der Waals surface area contributed by atoms with Crippen molar-refractivity contribution < 1.29 is 19.2 Å². The van der Waals surface area contributed by atoms with Crippen molar-refractivity contribution >= 4 is 23.6 Å². The molecule has 0 aromatic carbocycles. The molecule has 1 aliphatic rings. The molecular formula is C11H11N3O4. The first-order valence-electron chi connectivity index (χ1n) is 5.33. The number of carbonyl (C=O) groups excluding carboxylic acids is 3. The summed E-state index contributed by atoms with van der Waals surface area (Å²) in [7, 11) is 1.70. The quantitative estimate of drug-likeness (QED) is 0.777. The van der Waals surface area contributed by atoms with Crippen molar-refractivity contribution in [2.45, 2.75) is 12.8 Å². The van der Waals surface area contributed by atoms with Gasteiger partial charge in [0.05, 0.1) is 5.56 Å². The van der Waals surface area contributed by atoms with Crippen molar-refractivity contribution in [3.05, 3.63) is 23.9 Å². The van der Waals surface area contributed by atoms with Gasteiger partial charge in [-0.15, -0.1) is 5.06 Å². The number of hydrogen-bond donors (Lipinski definition) is 1. The molecule has 0 bridgehead atoms.